The average molecular weight is 410 g/mol. The van der Waals surface area contributed by atoms with Crippen molar-refractivity contribution in [2.24, 2.45) is 0 Å². The Kier molecular flexibility index (Phi) is 6.35. The van der Waals surface area contributed by atoms with Crippen molar-refractivity contribution in [2.75, 3.05) is 11.5 Å². The highest BCUT2D eigenvalue weighted by Gasteiger charge is 2.41. The van der Waals surface area contributed by atoms with Crippen LogP contribution in [0.2, 0.25) is 0 Å². The van der Waals surface area contributed by atoms with Crippen molar-refractivity contribution in [3.05, 3.63) is 76.1 Å². The Balaban J connectivity index is 2.05. The molecular weight excluding hydrogens is 391 g/mol. The van der Waals surface area contributed by atoms with Gasteiger partial charge in [-0.1, -0.05) is 36.0 Å². The molecule has 1 heterocycles. The molecule has 0 N–H and O–H groups in total. The first-order valence-electron chi connectivity index (χ1n) is 9.08. The van der Waals surface area contributed by atoms with E-state index in [1.54, 1.807) is 6.92 Å². The number of hydrogen-bond donors (Lipinski definition) is 0. The summed E-state index contributed by atoms with van der Waals surface area (Å²) in [5.74, 6) is -1.49. The molecule has 0 radical (unpaired) electrons. The van der Waals surface area contributed by atoms with Crippen molar-refractivity contribution in [1.82, 2.24) is 0 Å². The topological polar surface area (TPSA) is 70.4 Å². The Morgan fingerprint density at radius 2 is 1.93 bits per heavy atom. The number of benzene rings is 2. The number of carbonyl (C=O) groups is 2. The van der Waals surface area contributed by atoms with E-state index in [1.165, 1.54) is 29.2 Å². The number of thioether (sulfide) groups is 1. The summed E-state index contributed by atoms with van der Waals surface area (Å²) in [4.78, 5) is 26.8. The van der Waals surface area contributed by atoms with E-state index in [0.29, 0.717) is 12.1 Å². The first-order chi connectivity index (χ1) is 14.0. The van der Waals surface area contributed by atoms with Gasteiger partial charge in [0.25, 0.3) is 0 Å². The summed E-state index contributed by atoms with van der Waals surface area (Å²) in [7, 11) is 0. The van der Waals surface area contributed by atoms with Crippen LogP contribution in [0.15, 0.2) is 59.1 Å². The maximum atomic E-state index is 13.4. The molecule has 1 saturated heterocycles. The van der Waals surface area contributed by atoms with Gasteiger partial charge < -0.3 is 4.74 Å². The Bertz CT molecular complexity index is 1010. The Morgan fingerprint density at radius 1 is 1.24 bits per heavy atom. The van der Waals surface area contributed by atoms with Gasteiger partial charge in [0.1, 0.15) is 16.9 Å². The Labute approximate surface area is 172 Å². The average Bonchev–Trinajstić information content (AvgIpc) is 3.01. The van der Waals surface area contributed by atoms with E-state index in [1.807, 2.05) is 37.3 Å². The maximum absolute atomic E-state index is 13.4. The molecule has 1 amide bonds. The standard InChI is InChI=1S/C22H19FN2O3S/c1-3-28-22(27)18(13-24)21-25(17-10-8-16(23)9-11-17)20(26)19(29-21)12-15-7-5-4-6-14(15)2/h4-11,19H,3,12H2,1-2H3/b21-18-/t19-/m0/s1. The normalized spacial score (nSPS) is 17.8. The van der Waals surface area contributed by atoms with Gasteiger partial charge in [0.2, 0.25) is 5.91 Å². The number of carbonyl (C=O) groups excluding carboxylic acids is 2. The lowest BCUT2D eigenvalue weighted by Crippen LogP contribution is -2.30. The van der Waals surface area contributed by atoms with Crippen LogP contribution in [0.3, 0.4) is 0 Å². The highest BCUT2D eigenvalue weighted by molar-refractivity contribution is 8.05. The van der Waals surface area contributed by atoms with Crippen LogP contribution in [0.1, 0.15) is 18.1 Å². The van der Waals surface area contributed by atoms with Crippen molar-refractivity contribution in [1.29, 1.82) is 5.26 Å². The highest BCUT2D eigenvalue weighted by atomic mass is 32.2. The van der Waals surface area contributed by atoms with Crippen LogP contribution in [-0.4, -0.2) is 23.7 Å². The number of halogens is 1. The molecule has 1 atom stereocenters. The first-order valence-corrected chi connectivity index (χ1v) is 9.96. The minimum atomic E-state index is -0.783. The molecule has 0 spiro atoms. The van der Waals surface area contributed by atoms with Gasteiger partial charge >= 0.3 is 5.97 Å². The second-order valence-electron chi connectivity index (χ2n) is 6.40. The number of ether oxygens (including phenoxy) is 1. The third-order valence-corrected chi connectivity index (χ3v) is 5.77. The molecule has 0 aliphatic carbocycles. The third kappa shape index (κ3) is 4.33. The molecule has 0 bridgehead atoms. The van der Waals surface area contributed by atoms with Gasteiger partial charge in [0.15, 0.2) is 5.57 Å². The summed E-state index contributed by atoms with van der Waals surface area (Å²) in [5, 5.41) is 9.27. The lowest BCUT2D eigenvalue weighted by molar-refractivity contribution is -0.138. The maximum Gasteiger partial charge on any atom is 0.351 e. The smallest absolute Gasteiger partial charge is 0.351 e. The predicted molar refractivity (Wildman–Crippen MR) is 109 cm³/mol. The quantitative estimate of drug-likeness (QED) is 0.421. The van der Waals surface area contributed by atoms with Gasteiger partial charge in [-0.2, -0.15) is 5.26 Å². The summed E-state index contributed by atoms with van der Waals surface area (Å²) in [5.41, 5.74) is 2.22. The fourth-order valence-corrected chi connectivity index (χ4v) is 4.33. The minimum Gasteiger partial charge on any atom is -0.462 e. The van der Waals surface area contributed by atoms with Gasteiger partial charge in [-0.3, -0.25) is 9.69 Å². The van der Waals surface area contributed by atoms with Crippen LogP contribution < -0.4 is 4.90 Å². The molecule has 29 heavy (non-hydrogen) atoms. The molecule has 1 aliphatic rings. The van der Waals surface area contributed by atoms with Crippen LogP contribution in [0.25, 0.3) is 0 Å². The van der Waals surface area contributed by atoms with Crippen molar-refractivity contribution in [3.63, 3.8) is 0 Å². The van der Waals surface area contributed by atoms with Crippen molar-refractivity contribution in [2.45, 2.75) is 25.5 Å². The fourth-order valence-electron chi connectivity index (χ4n) is 3.04. The van der Waals surface area contributed by atoms with Gasteiger partial charge in [-0.25, -0.2) is 9.18 Å². The largest absolute Gasteiger partial charge is 0.462 e. The van der Waals surface area contributed by atoms with E-state index < -0.39 is 17.0 Å². The van der Waals surface area contributed by atoms with Gasteiger partial charge in [-0.05, 0) is 55.7 Å². The van der Waals surface area contributed by atoms with Crippen LogP contribution in [0.5, 0.6) is 0 Å². The van der Waals surface area contributed by atoms with Gasteiger partial charge in [0.05, 0.1) is 11.9 Å². The lowest BCUT2D eigenvalue weighted by atomic mass is 10.0. The molecule has 148 valence electrons. The molecule has 0 saturated carbocycles. The summed E-state index contributed by atoms with van der Waals surface area (Å²) in [6.45, 7) is 3.72. The van der Waals surface area contributed by atoms with Gasteiger partial charge in [0, 0.05) is 5.69 Å². The molecule has 1 aliphatic heterocycles. The number of aryl methyl sites for hydroxylation is 1. The number of nitriles is 1. The molecule has 2 aromatic rings. The molecule has 2 aromatic carbocycles. The molecule has 0 aromatic heterocycles. The number of hydrogen-bond acceptors (Lipinski definition) is 5. The van der Waals surface area contributed by atoms with E-state index >= 15 is 0 Å². The van der Waals surface area contributed by atoms with Crippen LogP contribution in [0, 0.1) is 24.1 Å². The van der Waals surface area contributed by atoms with E-state index in [-0.39, 0.29) is 23.1 Å². The second kappa shape index (κ2) is 8.93. The number of esters is 1. The molecule has 0 unspecified atom stereocenters. The lowest BCUT2D eigenvalue weighted by Gasteiger charge is -2.18. The van der Waals surface area contributed by atoms with Crippen LogP contribution >= 0.6 is 11.8 Å². The zero-order valence-corrected chi connectivity index (χ0v) is 16.8. The first kappa shape index (κ1) is 20.6. The second-order valence-corrected chi connectivity index (χ2v) is 7.59. The number of nitrogens with zero attached hydrogens (tertiary/aromatic N) is 2. The van der Waals surface area contributed by atoms with E-state index in [0.717, 1.165) is 22.9 Å². The van der Waals surface area contributed by atoms with E-state index in [2.05, 4.69) is 0 Å². The zero-order chi connectivity index (χ0) is 21.0. The molecule has 5 nitrogen and oxygen atoms in total. The van der Waals surface area contributed by atoms with E-state index in [4.69, 9.17) is 4.74 Å². The number of anilines is 1. The summed E-state index contributed by atoms with van der Waals surface area (Å²) < 4.78 is 18.4. The van der Waals surface area contributed by atoms with Crippen molar-refractivity contribution >= 4 is 29.3 Å². The third-order valence-electron chi connectivity index (χ3n) is 4.51. The van der Waals surface area contributed by atoms with Crippen LogP contribution in [0.4, 0.5) is 10.1 Å². The summed E-state index contributed by atoms with van der Waals surface area (Å²) in [6, 6.07) is 15.0. The molecular formula is C22H19FN2O3S. The Hall–Kier alpha value is -3.11. The molecule has 3 rings (SSSR count). The summed E-state index contributed by atoms with van der Waals surface area (Å²) in [6.07, 6.45) is 0.443. The predicted octanol–water partition coefficient (Wildman–Crippen LogP) is 4.12. The van der Waals surface area contributed by atoms with Crippen LogP contribution in [-0.2, 0) is 20.7 Å². The zero-order valence-electron chi connectivity index (χ0n) is 16.0. The fraction of sp³-hybridized carbons (Fsp3) is 0.227. The number of rotatable bonds is 5. The monoisotopic (exact) mass is 410 g/mol. The Morgan fingerprint density at radius 3 is 2.55 bits per heavy atom. The minimum absolute atomic E-state index is 0.110. The summed E-state index contributed by atoms with van der Waals surface area (Å²) >= 11 is 1.16. The van der Waals surface area contributed by atoms with E-state index in [9.17, 15) is 19.2 Å². The highest BCUT2D eigenvalue weighted by Crippen LogP contribution is 2.42. The van der Waals surface area contributed by atoms with Gasteiger partial charge in [-0.15, -0.1) is 0 Å². The van der Waals surface area contributed by atoms with Crippen molar-refractivity contribution < 1.29 is 18.7 Å². The van der Waals surface area contributed by atoms with Crippen molar-refractivity contribution in [3.8, 4) is 6.07 Å². The molecule has 1 fully saturated rings. The SMILES string of the molecule is CCOC(=O)/C(C#N)=C1\S[C@@H](Cc2ccccc2C)C(=O)N1c1ccc(F)cc1. The number of amides is 1. The molecule has 7 heteroatoms.